The molecule has 2 rings (SSSR count). The van der Waals surface area contributed by atoms with Crippen molar-refractivity contribution >= 4 is 5.97 Å². The molecule has 116 valence electrons. The van der Waals surface area contributed by atoms with E-state index in [-0.39, 0.29) is 11.5 Å². The van der Waals surface area contributed by atoms with Crippen LogP contribution in [0.25, 0.3) is 0 Å². The Bertz CT molecular complexity index is 683. The molecule has 0 unspecified atom stereocenters. The predicted molar refractivity (Wildman–Crippen MR) is 72.0 cm³/mol. The van der Waals surface area contributed by atoms with Gasteiger partial charge in [-0.1, -0.05) is 0 Å². The third kappa shape index (κ3) is 3.63. The summed E-state index contributed by atoms with van der Waals surface area (Å²) in [6.45, 7) is 1.20. The van der Waals surface area contributed by atoms with Crippen LogP contribution in [0.15, 0.2) is 42.5 Å². The van der Waals surface area contributed by atoms with Crippen LogP contribution < -0.4 is 9.47 Å². The van der Waals surface area contributed by atoms with Crippen LogP contribution in [0.3, 0.4) is 0 Å². The average molecular weight is 310 g/mol. The molecule has 2 aromatic rings. The van der Waals surface area contributed by atoms with E-state index >= 15 is 0 Å². The van der Waals surface area contributed by atoms with E-state index in [4.69, 9.17) is 9.84 Å². The van der Waals surface area contributed by atoms with Crippen LogP contribution in [0.4, 0.5) is 8.78 Å². The maximum Gasteiger partial charge on any atom is 0.426 e. The van der Waals surface area contributed by atoms with E-state index in [2.05, 4.69) is 4.74 Å². The van der Waals surface area contributed by atoms with E-state index in [0.29, 0.717) is 0 Å². The number of halogens is 2. The van der Waals surface area contributed by atoms with Crippen molar-refractivity contribution in [3.05, 3.63) is 48.0 Å². The van der Waals surface area contributed by atoms with Gasteiger partial charge in [0, 0.05) is 13.0 Å². The zero-order valence-electron chi connectivity index (χ0n) is 11.4. The van der Waals surface area contributed by atoms with E-state index in [1.54, 1.807) is 0 Å². The molecule has 7 heteroatoms. The number of phenolic OH excluding ortho intramolecular Hbond substituents is 2. The summed E-state index contributed by atoms with van der Waals surface area (Å²) in [7, 11) is 0. The smallest absolute Gasteiger partial charge is 0.426 e. The number of alkyl halides is 2. The molecular formula is C15H12F2O5. The lowest BCUT2D eigenvalue weighted by molar-refractivity contribution is -0.185. The molecule has 0 atom stereocenters. The Kier molecular flexibility index (Phi) is 4.16. The number of ether oxygens (including phenoxy) is 2. The topological polar surface area (TPSA) is 76.0 Å². The SMILES string of the molecule is CC(=O)Oc1ccc(C(F)(F)Oc2ccc(O)c(O)c2)cc1. The highest BCUT2D eigenvalue weighted by Gasteiger charge is 2.34. The van der Waals surface area contributed by atoms with Crippen LogP contribution in [0.2, 0.25) is 0 Å². The molecule has 0 aliphatic rings. The van der Waals surface area contributed by atoms with Crippen LogP contribution in [-0.4, -0.2) is 16.2 Å². The number of esters is 1. The van der Waals surface area contributed by atoms with Gasteiger partial charge in [-0.2, -0.15) is 8.78 Å². The summed E-state index contributed by atoms with van der Waals surface area (Å²) in [6, 6.07) is 7.53. The molecule has 0 bridgehead atoms. The van der Waals surface area contributed by atoms with Crippen LogP contribution in [0.5, 0.6) is 23.0 Å². The molecule has 5 nitrogen and oxygen atoms in total. The largest absolute Gasteiger partial charge is 0.504 e. The van der Waals surface area contributed by atoms with Gasteiger partial charge in [0.25, 0.3) is 0 Å². The van der Waals surface area contributed by atoms with E-state index in [1.165, 1.54) is 19.1 Å². The lowest BCUT2D eigenvalue weighted by Gasteiger charge is -2.18. The van der Waals surface area contributed by atoms with Crippen molar-refractivity contribution < 1.29 is 33.3 Å². The number of carbonyl (C=O) groups is 1. The predicted octanol–water partition coefficient (Wildman–Crippen LogP) is 3.15. The summed E-state index contributed by atoms with van der Waals surface area (Å²) in [5.41, 5.74) is -0.462. The third-order valence-electron chi connectivity index (χ3n) is 2.64. The van der Waals surface area contributed by atoms with E-state index in [1.807, 2.05) is 0 Å². The van der Waals surface area contributed by atoms with Crippen molar-refractivity contribution in [3.63, 3.8) is 0 Å². The first-order valence-corrected chi connectivity index (χ1v) is 6.16. The van der Waals surface area contributed by atoms with Gasteiger partial charge in [0.05, 0.1) is 5.56 Å². The Hall–Kier alpha value is -2.83. The lowest BCUT2D eigenvalue weighted by atomic mass is 10.2. The molecule has 0 aliphatic heterocycles. The van der Waals surface area contributed by atoms with Gasteiger partial charge >= 0.3 is 12.1 Å². The minimum absolute atomic E-state index is 0.134. The van der Waals surface area contributed by atoms with Gasteiger partial charge in [-0.05, 0) is 36.4 Å². The number of phenols is 2. The molecular weight excluding hydrogens is 298 g/mol. The quantitative estimate of drug-likeness (QED) is 0.515. The average Bonchev–Trinajstić information content (AvgIpc) is 2.42. The first-order chi connectivity index (χ1) is 10.3. The van der Waals surface area contributed by atoms with Crippen LogP contribution in [-0.2, 0) is 10.9 Å². The fourth-order valence-corrected chi connectivity index (χ4v) is 1.66. The molecule has 0 aromatic heterocycles. The van der Waals surface area contributed by atoms with Crippen molar-refractivity contribution in [2.24, 2.45) is 0 Å². The van der Waals surface area contributed by atoms with Crippen molar-refractivity contribution in [1.82, 2.24) is 0 Å². The van der Waals surface area contributed by atoms with E-state index < -0.39 is 29.1 Å². The second-order valence-corrected chi connectivity index (χ2v) is 4.39. The summed E-state index contributed by atoms with van der Waals surface area (Å²) in [6.07, 6.45) is -3.67. The minimum atomic E-state index is -3.67. The Labute approximate surface area is 124 Å². The standard InChI is InChI=1S/C15H12F2O5/c1-9(18)21-11-4-2-10(3-5-11)15(16,17)22-12-6-7-13(19)14(20)8-12/h2-8,19-20H,1H3. The zero-order valence-corrected chi connectivity index (χ0v) is 11.4. The lowest BCUT2D eigenvalue weighted by Crippen LogP contribution is -2.21. The maximum atomic E-state index is 14.0. The number of rotatable bonds is 4. The van der Waals surface area contributed by atoms with Gasteiger partial charge in [-0.25, -0.2) is 0 Å². The van der Waals surface area contributed by atoms with Gasteiger partial charge in [0.2, 0.25) is 0 Å². The maximum absolute atomic E-state index is 14.0. The highest BCUT2D eigenvalue weighted by molar-refractivity contribution is 5.69. The number of hydrogen-bond donors (Lipinski definition) is 2. The van der Waals surface area contributed by atoms with Gasteiger partial charge in [-0.15, -0.1) is 0 Å². The second kappa shape index (κ2) is 5.88. The Morgan fingerprint density at radius 3 is 2.14 bits per heavy atom. The summed E-state index contributed by atoms with van der Waals surface area (Å²) < 4.78 is 37.3. The van der Waals surface area contributed by atoms with Crippen LogP contribution >= 0.6 is 0 Å². The van der Waals surface area contributed by atoms with Crippen molar-refractivity contribution in [2.45, 2.75) is 13.0 Å². The molecule has 22 heavy (non-hydrogen) atoms. The van der Waals surface area contributed by atoms with Gasteiger partial charge < -0.3 is 19.7 Å². The highest BCUT2D eigenvalue weighted by atomic mass is 19.3. The molecule has 0 saturated heterocycles. The normalized spacial score (nSPS) is 11.0. The molecule has 2 aromatic carbocycles. The van der Waals surface area contributed by atoms with Gasteiger partial charge in [0.1, 0.15) is 11.5 Å². The second-order valence-electron chi connectivity index (χ2n) is 4.39. The van der Waals surface area contributed by atoms with Crippen molar-refractivity contribution in [3.8, 4) is 23.0 Å². The Morgan fingerprint density at radius 1 is 1.00 bits per heavy atom. The Balaban J connectivity index is 2.18. The number of aromatic hydroxyl groups is 2. The van der Waals surface area contributed by atoms with Gasteiger partial charge in [-0.3, -0.25) is 4.79 Å². The van der Waals surface area contributed by atoms with Crippen molar-refractivity contribution in [2.75, 3.05) is 0 Å². The first kappa shape index (κ1) is 15.6. The van der Waals surface area contributed by atoms with Crippen molar-refractivity contribution in [1.29, 1.82) is 0 Å². The number of hydrogen-bond acceptors (Lipinski definition) is 5. The molecule has 0 amide bonds. The van der Waals surface area contributed by atoms with Crippen LogP contribution in [0, 0.1) is 0 Å². The molecule has 0 fully saturated rings. The monoisotopic (exact) mass is 310 g/mol. The molecule has 0 radical (unpaired) electrons. The molecule has 0 spiro atoms. The minimum Gasteiger partial charge on any atom is -0.504 e. The summed E-state index contributed by atoms with van der Waals surface area (Å²) in [5.74, 6) is -1.76. The highest BCUT2D eigenvalue weighted by Crippen LogP contribution is 2.35. The van der Waals surface area contributed by atoms with Crippen LogP contribution in [0.1, 0.15) is 12.5 Å². The molecule has 0 aliphatic carbocycles. The van der Waals surface area contributed by atoms with E-state index in [0.717, 1.165) is 30.3 Å². The number of carbonyl (C=O) groups excluding carboxylic acids is 1. The molecule has 0 saturated carbocycles. The fraction of sp³-hybridized carbons (Fsp3) is 0.133. The third-order valence-corrected chi connectivity index (χ3v) is 2.64. The summed E-state index contributed by atoms with van der Waals surface area (Å²) in [4.78, 5) is 10.8. The Morgan fingerprint density at radius 2 is 1.59 bits per heavy atom. The summed E-state index contributed by atoms with van der Waals surface area (Å²) >= 11 is 0. The van der Waals surface area contributed by atoms with E-state index in [9.17, 15) is 18.7 Å². The molecule has 0 heterocycles. The summed E-state index contributed by atoms with van der Waals surface area (Å²) in [5, 5.41) is 18.4. The number of benzene rings is 2. The molecule has 2 N–H and O–H groups in total. The first-order valence-electron chi connectivity index (χ1n) is 6.16. The fourth-order valence-electron chi connectivity index (χ4n) is 1.66. The van der Waals surface area contributed by atoms with Gasteiger partial charge in [0.15, 0.2) is 11.5 Å². The zero-order chi connectivity index (χ0) is 16.3.